The second-order valence-corrected chi connectivity index (χ2v) is 10.4. The van der Waals surface area contributed by atoms with Gasteiger partial charge in [-0.05, 0) is 55.5 Å². The van der Waals surface area contributed by atoms with Gasteiger partial charge in [0.05, 0.1) is 24.5 Å². The van der Waals surface area contributed by atoms with Crippen molar-refractivity contribution in [3.63, 3.8) is 0 Å². The molecule has 3 saturated heterocycles. The number of fused-ring (bicyclic) bond motifs is 1. The van der Waals surface area contributed by atoms with Crippen molar-refractivity contribution >= 4 is 23.4 Å². The summed E-state index contributed by atoms with van der Waals surface area (Å²) in [6.07, 6.45) is 1.99. The number of amides is 3. The van der Waals surface area contributed by atoms with Gasteiger partial charge in [-0.15, -0.1) is 0 Å². The highest BCUT2D eigenvalue weighted by Crippen LogP contribution is 2.64. The SMILES string of the molecule is CC[C@]12CCC3(O1)C(C(=O)Nc1ccc(OC)cc1)N(CCCO)C(=O)[C@@H]3[C@H]2C(=O)NCc1ccccc1. The number of hydrogen-bond donors (Lipinski definition) is 3. The highest BCUT2D eigenvalue weighted by molar-refractivity contribution is 6.03. The predicted molar refractivity (Wildman–Crippen MR) is 140 cm³/mol. The molecule has 2 unspecified atom stereocenters. The van der Waals surface area contributed by atoms with Gasteiger partial charge in [-0.1, -0.05) is 37.3 Å². The Morgan fingerprint density at radius 1 is 1.11 bits per heavy atom. The highest BCUT2D eigenvalue weighted by atomic mass is 16.5. The fraction of sp³-hybridized carbons (Fsp3) is 0.483. The highest BCUT2D eigenvalue weighted by Gasteiger charge is 2.78. The van der Waals surface area contributed by atoms with Crippen LogP contribution in [-0.4, -0.2) is 65.2 Å². The lowest BCUT2D eigenvalue weighted by Crippen LogP contribution is -2.53. The third kappa shape index (κ3) is 4.23. The summed E-state index contributed by atoms with van der Waals surface area (Å²) < 4.78 is 11.9. The van der Waals surface area contributed by atoms with E-state index in [-0.39, 0.29) is 30.9 Å². The molecule has 0 aliphatic carbocycles. The Kier molecular flexibility index (Phi) is 7.15. The third-order valence-corrected chi connectivity index (χ3v) is 8.44. The van der Waals surface area contributed by atoms with Crippen LogP contribution in [0.1, 0.15) is 38.2 Å². The zero-order valence-corrected chi connectivity index (χ0v) is 21.8. The maximum Gasteiger partial charge on any atom is 0.250 e. The van der Waals surface area contributed by atoms with Gasteiger partial charge in [-0.25, -0.2) is 0 Å². The Morgan fingerprint density at radius 3 is 2.50 bits per heavy atom. The Hall–Kier alpha value is -3.43. The standard InChI is InChI=1S/C29H35N3O6/c1-3-28-14-15-29(38-28)23(22(28)25(34)30-18-19-8-5-4-6-9-19)27(36)32(16-7-17-33)24(29)26(35)31-20-10-12-21(37-2)13-11-20/h4-6,8-13,22-24,33H,3,7,14-18H2,1-2H3,(H,30,34)(H,31,35)/t22-,23-,24?,28+,29?/m0/s1. The van der Waals surface area contributed by atoms with Crippen LogP contribution in [0.3, 0.4) is 0 Å². The van der Waals surface area contributed by atoms with E-state index < -0.39 is 29.1 Å². The molecule has 9 heteroatoms. The van der Waals surface area contributed by atoms with Crippen molar-refractivity contribution in [3.05, 3.63) is 60.2 Å². The van der Waals surface area contributed by atoms with Crippen LogP contribution in [0.25, 0.3) is 0 Å². The normalized spacial score (nSPS) is 29.3. The fourth-order valence-corrected chi connectivity index (χ4v) is 6.68. The summed E-state index contributed by atoms with van der Waals surface area (Å²) >= 11 is 0. The number of benzene rings is 2. The molecule has 3 amide bonds. The Balaban J connectivity index is 1.45. The molecule has 3 aliphatic heterocycles. The maximum atomic E-state index is 14.0. The quantitative estimate of drug-likeness (QED) is 0.442. The number of ether oxygens (including phenoxy) is 2. The monoisotopic (exact) mass is 521 g/mol. The average molecular weight is 522 g/mol. The first-order valence-corrected chi connectivity index (χ1v) is 13.3. The Bertz CT molecular complexity index is 1190. The van der Waals surface area contributed by atoms with Gasteiger partial charge in [0, 0.05) is 25.4 Å². The van der Waals surface area contributed by atoms with E-state index in [9.17, 15) is 19.5 Å². The van der Waals surface area contributed by atoms with E-state index in [1.165, 1.54) is 4.90 Å². The molecule has 2 aromatic rings. The van der Waals surface area contributed by atoms with Gasteiger partial charge in [0.2, 0.25) is 17.7 Å². The number of likely N-dealkylation sites (tertiary alicyclic amines) is 1. The summed E-state index contributed by atoms with van der Waals surface area (Å²) in [7, 11) is 1.57. The molecule has 3 N–H and O–H groups in total. The molecule has 0 radical (unpaired) electrons. The predicted octanol–water partition coefficient (Wildman–Crippen LogP) is 2.49. The summed E-state index contributed by atoms with van der Waals surface area (Å²) in [6.45, 7) is 2.40. The van der Waals surface area contributed by atoms with E-state index in [2.05, 4.69) is 10.6 Å². The van der Waals surface area contributed by atoms with Gasteiger partial charge in [0.15, 0.2) is 0 Å². The lowest BCUT2D eigenvalue weighted by molar-refractivity contribution is -0.146. The second kappa shape index (κ2) is 10.4. The largest absolute Gasteiger partial charge is 0.497 e. The molecule has 0 aromatic heterocycles. The zero-order chi connectivity index (χ0) is 26.9. The molecule has 2 aromatic carbocycles. The first-order chi connectivity index (χ1) is 18.4. The summed E-state index contributed by atoms with van der Waals surface area (Å²) in [6, 6.07) is 15.7. The molecular weight excluding hydrogens is 486 g/mol. The minimum atomic E-state index is -1.10. The van der Waals surface area contributed by atoms with Crippen molar-refractivity contribution in [3.8, 4) is 5.75 Å². The van der Waals surface area contributed by atoms with E-state index >= 15 is 0 Å². The van der Waals surface area contributed by atoms with Gasteiger partial charge < -0.3 is 30.1 Å². The van der Waals surface area contributed by atoms with E-state index in [0.29, 0.717) is 43.7 Å². The van der Waals surface area contributed by atoms with Crippen LogP contribution in [0.4, 0.5) is 5.69 Å². The van der Waals surface area contributed by atoms with Crippen LogP contribution in [0, 0.1) is 11.8 Å². The third-order valence-electron chi connectivity index (χ3n) is 8.44. The topological polar surface area (TPSA) is 117 Å². The van der Waals surface area contributed by atoms with Crippen molar-refractivity contribution in [2.75, 3.05) is 25.6 Å². The molecule has 5 rings (SSSR count). The van der Waals surface area contributed by atoms with E-state index in [4.69, 9.17) is 9.47 Å². The molecule has 1 spiro atoms. The van der Waals surface area contributed by atoms with Crippen LogP contribution in [0.5, 0.6) is 5.75 Å². The van der Waals surface area contributed by atoms with Crippen molar-refractivity contribution in [1.29, 1.82) is 0 Å². The van der Waals surface area contributed by atoms with Crippen molar-refractivity contribution in [2.24, 2.45) is 11.8 Å². The minimum Gasteiger partial charge on any atom is -0.497 e. The lowest BCUT2D eigenvalue weighted by atomic mass is 9.65. The van der Waals surface area contributed by atoms with Crippen LogP contribution in [-0.2, 0) is 25.7 Å². The molecular formula is C29H35N3O6. The number of nitrogens with zero attached hydrogens (tertiary/aromatic N) is 1. The second-order valence-electron chi connectivity index (χ2n) is 10.4. The van der Waals surface area contributed by atoms with Crippen LogP contribution in [0.2, 0.25) is 0 Å². The number of aliphatic hydroxyl groups is 1. The van der Waals surface area contributed by atoms with E-state index in [1.807, 2.05) is 37.3 Å². The molecule has 38 heavy (non-hydrogen) atoms. The first kappa shape index (κ1) is 26.2. The number of nitrogens with one attached hydrogen (secondary N) is 2. The molecule has 0 saturated carbocycles. The van der Waals surface area contributed by atoms with Gasteiger partial charge in [0.1, 0.15) is 17.4 Å². The summed E-state index contributed by atoms with van der Waals surface area (Å²) in [5, 5.41) is 15.5. The van der Waals surface area contributed by atoms with Gasteiger partial charge in [0.25, 0.3) is 0 Å². The number of carbonyl (C=O) groups excluding carboxylic acids is 3. The number of carbonyl (C=O) groups is 3. The van der Waals surface area contributed by atoms with Crippen molar-refractivity contribution in [2.45, 2.75) is 56.4 Å². The molecule has 202 valence electrons. The average Bonchev–Trinajstić information content (AvgIpc) is 3.55. The number of methoxy groups -OCH3 is 1. The number of aliphatic hydroxyl groups excluding tert-OH is 1. The number of rotatable bonds is 10. The lowest BCUT2D eigenvalue weighted by Gasteiger charge is -2.34. The molecule has 3 fully saturated rings. The minimum absolute atomic E-state index is 0.116. The fourth-order valence-electron chi connectivity index (χ4n) is 6.68. The van der Waals surface area contributed by atoms with Crippen LogP contribution in [0.15, 0.2) is 54.6 Å². The summed E-state index contributed by atoms with van der Waals surface area (Å²) in [5.41, 5.74) is -0.374. The number of anilines is 1. The van der Waals surface area contributed by atoms with Crippen LogP contribution >= 0.6 is 0 Å². The molecule has 5 atom stereocenters. The number of hydrogen-bond acceptors (Lipinski definition) is 6. The van der Waals surface area contributed by atoms with E-state index in [1.54, 1.807) is 31.4 Å². The Morgan fingerprint density at radius 2 is 1.84 bits per heavy atom. The van der Waals surface area contributed by atoms with Crippen molar-refractivity contribution < 1.29 is 29.0 Å². The van der Waals surface area contributed by atoms with Gasteiger partial charge in [-0.3, -0.25) is 14.4 Å². The molecule has 3 heterocycles. The first-order valence-electron chi connectivity index (χ1n) is 13.3. The molecule has 2 bridgehead atoms. The zero-order valence-electron chi connectivity index (χ0n) is 21.8. The van der Waals surface area contributed by atoms with Gasteiger partial charge >= 0.3 is 0 Å². The van der Waals surface area contributed by atoms with Gasteiger partial charge in [-0.2, -0.15) is 0 Å². The summed E-state index contributed by atoms with van der Waals surface area (Å²) in [4.78, 5) is 43.0. The maximum absolute atomic E-state index is 14.0. The smallest absolute Gasteiger partial charge is 0.250 e. The van der Waals surface area contributed by atoms with Crippen LogP contribution < -0.4 is 15.4 Å². The van der Waals surface area contributed by atoms with E-state index in [0.717, 1.165) is 5.56 Å². The van der Waals surface area contributed by atoms with Crippen molar-refractivity contribution in [1.82, 2.24) is 10.2 Å². The molecule has 9 nitrogen and oxygen atoms in total. The molecule has 3 aliphatic rings. The summed E-state index contributed by atoms with van der Waals surface area (Å²) in [5.74, 6) is -1.65. The Labute approximate surface area is 222 Å².